The molecule has 2 amide bonds. The summed E-state index contributed by atoms with van der Waals surface area (Å²) in [6.07, 6.45) is 51.3. The van der Waals surface area contributed by atoms with E-state index in [1.807, 2.05) is 32.4 Å². The Balaban J connectivity index is 0.000000934. The summed E-state index contributed by atoms with van der Waals surface area (Å²) in [5.41, 5.74) is 18.6. The average molecular weight is 1750 g/mol. The van der Waals surface area contributed by atoms with Gasteiger partial charge in [-0.1, -0.05) is 251 Å². The molecule has 0 aromatic carbocycles. The first-order valence-electron chi connectivity index (χ1n) is 47.9. The maximum atomic E-state index is 12.7. The van der Waals surface area contributed by atoms with Crippen LogP contribution in [0.25, 0.3) is 10.4 Å². The van der Waals surface area contributed by atoms with E-state index in [1.165, 1.54) is 142 Å². The molecule has 2 saturated carbocycles. The number of nitrogens with zero attached hydrogens (tertiary/aromatic N) is 7. The van der Waals surface area contributed by atoms with Crippen LogP contribution in [0.1, 0.15) is 376 Å². The highest BCUT2D eigenvalue weighted by Gasteiger charge is 2.51. The molecule has 1 heterocycles. The monoisotopic (exact) mass is 1750 g/mol. The third-order valence-corrected chi connectivity index (χ3v) is 24.3. The summed E-state index contributed by atoms with van der Waals surface area (Å²) in [4.78, 5) is 84.5. The molecule has 27 nitrogen and oxygen atoms in total. The number of thiol groups is 1. The Hall–Kier alpha value is -5.59. The van der Waals surface area contributed by atoms with Crippen molar-refractivity contribution in [2.24, 2.45) is 68.0 Å². The van der Waals surface area contributed by atoms with E-state index in [2.05, 4.69) is 81.4 Å². The van der Waals surface area contributed by atoms with E-state index < -0.39 is 33.6 Å². The number of unbranched alkanes of at least 4 members (excludes halogenated alkanes) is 28. The molecule has 0 bridgehead atoms. The van der Waals surface area contributed by atoms with Crippen molar-refractivity contribution in [1.29, 1.82) is 5.26 Å². The van der Waals surface area contributed by atoms with Crippen molar-refractivity contribution in [3.63, 3.8) is 0 Å². The quantitative estimate of drug-likeness (QED) is 0.00366. The molecule has 1 unspecified atom stereocenters. The molecule has 1 aromatic heterocycles. The number of nitrogens with two attached hydrogens (primary N) is 1. The van der Waals surface area contributed by atoms with Gasteiger partial charge in [0, 0.05) is 53.9 Å². The zero-order chi connectivity index (χ0) is 90.9. The standard InChI is InChI=1S/C43H76N4O8.C24H46N4O6.C19H30O2.C7H17N.CH2BN2S/c1-6-7-8-9-14-17-20-39(48)54-33-36-34-21-23-37-38(24-22-35(34)36)47(46-44-37)27-28-52-29-30-53-31-32-55-45-40(49)42(2,3)25-18-15-12-10-11-13-16-19-26-43(4,5)41(50)51;1-23(2,21(29)27-34-20-19-33-18-17-32-16-15-26-28-25)13-11-9-7-5-6-8-10-12-14-24(3,4)22(30)31;1-2-3-4-5-6-11-14-19(20)21-15-18-16-12-9-7-8-10-13-17(16)18;1-2-3-4-5-6-7-8;3-1-2-4-5/h34-36H,6-33H2,1-5H3,(H,45,49)(H,50,51);5-20H2,1-4H3,(H,27,29)(H,30,31);16-18H,2-6,9-15H2,1H3;2-8H2,1H3;4-5H/t34-,35+,36-;;16-,17+,18?;;/m0..../s1. The van der Waals surface area contributed by atoms with Gasteiger partial charge in [-0.05, 0) is 159 Å². The number of carbonyl (C=O) groups excluding carboxylic acids is 4. The molecule has 0 saturated heterocycles. The van der Waals surface area contributed by atoms with Gasteiger partial charge in [-0.25, -0.2) is 20.9 Å². The van der Waals surface area contributed by atoms with Crippen LogP contribution in [0, 0.1) is 80.2 Å². The van der Waals surface area contributed by atoms with Crippen molar-refractivity contribution in [1.82, 2.24) is 30.6 Å². The smallest absolute Gasteiger partial charge is 0.358 e. The number of aliphatic carboxylic acids is 2. The number of azide groups is 1. The number of hydroxylamine groups is 2. The molecule has 6 atom stereocenters. The van der Waals surface area contributed by atoms with E-state index in [-0.39, 0.29) is 37.0 Å². The molecule has 707 valence electrons. The number of carbonyl (C=O) groups is 6. The van der Waals surface area contributed by atoms with Gasteiger partial charge in [-0.15, -0.1) is 29.8 Å². The van der Waals surface area contributed by atoms with Crippen LogP contribution in [0.5, 0.6) is 0 Å². The molecule has 7 N–H and O–H groups in total. The SMILES string of the molecule is CC(C)(CCCCCCCCCCC(C)(C)C(=O)NOCCOCCOCCN=[N+]=[N-])C(=O)O.CCCCCCCCC(=O)OCC1[C@H]2CCC#CCC[C@@H]12.CCCCCCCCC(=O)OC[C@@H]1[C@@H]2CCc3c(nnn3CCOCCOCCONC(=O)C(C)(C)CCCCCCCCCCC(C)(C)C(=O)O)CC[C@@H]21.CCCCCCCN.N#C[B]NS. The fourth-order valence-corrected chi connectivity index (χ4v) is 15.5. The van der Waals surface area contributed by atoms with Crippen molar-refractivity contribution in [3.8, 4) is 17.8 Å². The van der Waals surface area contributed by atoms with E-state index in [1.54, 1.807) is 33.7 Å². The van der Waals surface area contributed by atoms with Gasteiger partial charge in [0.05, 0.1) is 108 Å². The fourth-order valence-electron chi connectivity index (χ4n) is 15.4. The Bertz CT molecular complexity index is 3030. The van der Waals surface area contributed by atoms with Crippen molar-refractivity contribution in [3.05, 3.63) is 21.8 Å². The summed E-state index contributed by atoms with van der Waals surface area (Å²) in [6.45, 7) is 28.5. The topological polar surface area (TPSA) is 382 Å². The zero-order valence-corrected chi connectivity index (χ0v) is 79.5. The van der Waals surface area contributed by atoms with E-state index in [0.29, 0.717) is 116 Å². The van der Waals surface area contributed by atoms with E-state index in [0.717, 1.165) is 185 Å². The first-order chi connectivity index (χ1) is 59.2. The van der Waals surface area contributed by atoms with Crippen molar-refractivity contribution >= 4 is 55.9 Å². The number of rotatable bonds is 70. The lowest BCUT2D eigenvalue weighted by Crippen LogP contribution is -2.37. The van der Waals surface area contributed by atoms with Gasteiger partial charge >= 0.3 is 31.3 Å². The third kappa shape index (κ3) is 60.0. The molecule has 0 spiro atoms. The van der Waals surface area contributed by atoms with Gasteiger partial charge in [-0.2, -0.15) is 0 Å². The van der Waals surface area contributed by atoms with E-state index >= 15 is 0 Å². The van der Waals surface area contributed by atoms with Crippen LogP contribution in [-0.4, -0.2) is 161 Å². The van der Waals surface area contributed by atoms with Crippen LogP contribution in [0.3, 0.4) is 0 Å². The number of carboxylic acid groups (broad SMARTS) is 2. The zero-order valence-electron chi connectivity index (χ0n) is 78.6. The number of ether oxygens (including phenoxy) is 6. The Morgan fingerprint density at radius 2 is 0.862 bits per heavy atom. The number of hydrogen-bond acceptors (Lipinski definition) is 21. The lowest BCUT2D eigenvalue weighted by Gasteiger charge is -2.23. The van der Waals surface area contributed by atoms with Crippen LogP contribution in [0.4, 0.5) is 0 Å². The molecule has 4 aliphatic carbocycles. The van der Waals surface area contributed by atoms with E-state index in [9.17, 15) is 33.9 Å². The number of esters is 2. The number of hydrogen-bond donors (Lipinski definition) is 7. The number of aromatic nitrogens is 3. The molecule has 5 rings (SSSR count). The number of fused-ring (bicyclic) bond motifs is 3. The highest BCUT2D eigenvalue weighted by molar-refractivity contribution is 7.79. The van der Waals surface area contributed by atoms with Crippen molar-refractivity contribution in [2.45, 2.75) is 384 Å². The highest BCUT2D eigenvalue weighted by Crippen LogP contribution is 2.54. The minimum absolute atomic E-state index is 0.0148. The van der Waals surface area contributed by atoms with Gasteiger partial charge in [0.25, 0.3) is 0 Å². The first-order valence-corrected chi connectivity index (χ1v) is 48.3. The van der Waals surface area contributed by atoms with Crippen LogP contribution >= 0.6 is 12.8 Å². The van der Waals surface area contributed by atoms with Gasteiger partial charge in [0.2, 0.25) is 11.8 Å². The second-order valence-electron chi connectivity index (χ2n) is 36.5. The predicted octanol–water partition coefficient (Wildman–Crippen LogP) is 20.0. The summed E-state index contributed by atoms with van der Waals surface area (Å²) in [7, 11) is 1.17. The summed E-state index contributed by atoms with van der Waals surface area (Å²) in [6, 6.07) is 0. The van der Waals surface area contributed by atoms with Crippen LogP contribution in [0.2, 0.25) is 0 Å². The summed E-state index contributed by atoms with van der Waals surface area (Å²) in [5.74, 6) is 10.4. The van der Waals surface area contributed by atoms with Gasteiger partial charge in [0.1, 0.15) is 0 Å². The number of nitrogens with one attached hydrogen (secondary N) is 3. The Morgan fingerprint density at radius 3 is 1.24 bits per heavy atom. The predicted molar refractivity (Wildman–Crippen MR) is 491 cm³/mol. The molecule has 0 aliphatic heterocycles. The lowest BCUT2D eigenvalue weighted by molar-refractivity contribution is -0.148. The largest absolute Gasteiger partial charge is 0.481 e. The minimum atomic E-state index is -0.719. The second kappa shape index (κ2) is 74.4. The lowest BCUT2D eigenvalue weighted by atomic mass is 9.86. The van der Waals surface area contributed by atoms with E-state index in [4.69, 9.17) is 59.7 Å². The molecule has 123 heavy (non-hydrogen) atoms. The average Bonchev–Trinajstić information content (AvgIpc) is 1.59. The molecule has 1 aromatic rings. The van der Waals surface area contributed by atoms with Crippen LogP contribution < -0.4 is 21.3 Å². The van der Waals surface area contributed by atoms with Crippen molar-refractivity contribution < 1.29 is 77.1 Å². The fraction of sp³-hybridized carbons (Fsp3) is 0.883. The molecular weight excluding hydrogens is 1580 g/mol. The second-order valence-corrected chi connectivity index (χ2v) is 36.7. The Labute approximate surface area is 749 Å². The number of nitriles is 1. The molecule has 2 fully saturated rings. The van der Waals surface area contributed by atoms with Crippen LogP contribution in [0.15, 0.2) is 5.11 Å². The third-order valence-electron chi connectivity index (χ3n) is 24.1. The molecule has 1 radical (unpaired) electrons. The van der Waals surface area contributed by atoms with Gasteiger partial charge in [-0.3, -0.25) is 43.1 Å². The number of amides is 2. The summed E-state index contributed by atoms with van der Waals surface area (Å²) in [5, 5.41) is 38.3. The Kier molecular flexibility index (Phi) is 69.8. The van der Waals surface area contributed by atoms with Crippen molar-refractivity contribution in [2.75, 3.05) is 92.4 Å². The summed E-state index contributed by atoms with van der Waals surface area (Å²) >= 11 is 3.47. The number of carboxylic acids is 2. The highest BCUT2D eigenvalue weighted by atomic mass is 32.1. The first kappa shape index (κ1) is 115. The normalized spacial score (nSPS) is 16.8. The summed E-state index contributed by atoms with van der Waals surface area (Å²) < 4.78 is 37.4. The van der Waals surface area contributed by atoms with Crippen LogP contribution in [-0.2, 0) is 86.2 Å². The Morgan fingerprint density at radius 1 is 0.512 bits per heavy atom. The molecule has 29 heteroatoms. The number of aryl methyl sites for hydroxylation is 1. The molecule has 4 aliphatic rings. The van der Waals surface area contributed by atoms with Gasteiger partial charge < -0.3 is 44.4 Å². The minimum Gasteiger partial charge on any atom is -0.481 e. The molecular formula is C94H171BN11O16S. The van der Waals surface area contributed by atoms with Gasteiger partial charge in [0.15, 0.2) is 0 Å². The maximum Gasteiger partial charge on any atom is 0.358 e. The maximum absolute atomic E-state index is 12.7.